The summed E-state index contributed by atoms with van der Waals surface area (Å²) < 4.78 is 31.3. The van der Waals surface area contributed by atoms with Crippen molar-refractivity contribution < 1.29 is 17.3 Å². The predicted octanol–water partition coefficient (Wildman–Crippen LogP) is 0.821. The summed E-state index contributed by atoms with van der Waals surface area (Å²) >= 11 is 0. The summed E-state index contributed by atoms with van der Waals surface area (Å²) in [4.78, 5) is 0. The molecule has 0 amide bonds. The number of hydrogen-bond acceptors (Lipinski definition) is 4. The molecule has 1 atom stereocenters. The third kappa shape index (κ3) is 3.61. The lowest BCUT2D eigenvalue weighted by atomic mass is 10.1. The van der Waals surface area contributed by atoms with E-state index in [1.54, 1.807) is 19.1 Å². The minimum Gasteiger partial charge on any atom is -0.497 e. The molecule has 0 saturated carbocycles. The van der Waals surface area contributed by atoms with Crippen molar-refractivity contribution in [3.63, 3.8) is 0 Å². The van der Waals surface area contributed by atoms with Gasteiger partial charge in [-0.1, -0.05) is 0 Å². The Bertz CT molecular complexity index is 326. The quantitative estimate of drug-likeness (QED) is 0.639. The van der Waals surface area contributed by atoms with Crippen molar-refractivity contribution in [2.24, 2.45) is 0 Å². The molecule has 0 bridgehead atoms. The highest BCUT2D eigenvalue weighted by molar-refractivity contribution is 7.86. The molecule has 74 valence electrons. The molecule has 0 aromatic rings. The molecule has 13 heavy (non-hydrogen) atoms. The van der Waals surface area contributed by atoms with Gasteiger partial charge < -0.3 is 4.74 Å². The van der Waals surface area contributed by atoms with Crippen LogP contribution in [0.5, 0.6) is 0 Å². The number of rotatable bonds is 3. The maximum absolute atomic E-state index is 10.8. The van der Waals surface area contributed by atoms with E-state index >= 15 is 0 Å². The minimum atomic E-state index is -3.39. The van der Waals surface area contributed by atoms with E-state index in [0.29, 0.717) is 6.61 Å². The van der Waals surface area contributed by atoms with Crippen LogP contribution in [0, 0.1) is 0 Å². The minimum absolute atomic E-state index is 0.449. The van der Waals surface area contributed by atoms with Gasteiger partial charge in [-0.3, -0.25) is 4.18 Å². The molecular weight excluding hydrogens is 192 g/mol. The zero-order valence-corrected chi connectivity index (χ0v) is 8.37. The summed E-state index contributed by atoms with van der Waals surface area (Å²) in [6.45, 7) is 2.14. The van der Waals surface area contributed by atoms with Gasteiger partial charge in [0.05, 0.1) is 18.6 Å². The van der Waals surface area contributed by atoms with Crippen LogP contribution < -0.4 is 0 Å². The summed E-state index contributed by atoms with van der Waals surface area (Å²) in [5.41, 5.74) is 0.816. The van der Waals surface area contributed by atoms with Crippen molar-refractivity contribution in [1.82, 2.24) is 0 Å². The van der Waals surface area contributed by atoms with Gasteiger partial charge in [0.15, 0.2) is 0 Å². The first-order chi connectivity index (χ1) is 5.99. The van der Waals surface area contributed by atoms with Gasteiger partial charge in [0.2, 0.25) is 0 Å². The van der Waals surface area contributed by atoms with E-state index in [-0.39, 0.29) is 0 Å². The summed E-state index contributed by atoms with van der Waals surface area (Å²) in [6.07, 6.45) is 5.59. The van der Waals surface area contributed by atoms with Crippen LogP contribution in [0.15, 0.2) is 24.0 Å². The van der Waals surface area contributed by atoms with E-state index in [0.717, 1.165) is 11.8 Å². The molecule has 0 aromatic heterocycles. The molecule has 5 heteroatoms. The largest absolute Gasteiger partial charge is 0.497 e. The molecule has 1 unspecified atom stereocenters. The van der Waals surface area contributed by atoms with E-state index in [1.165, 1.54) is 6.26 Å². The highest BCUT2D eigenvalue weighted by Crippen LogP contribution is 2.13. The topological polar surface area (TPSA) is 52.6 Å². The Morgan fingerprint density at radius 3 is 2.77 bits per heavy atom. The first-order valence-electron chi connectivity index (χ1n) is 3.85. The smallest absolute Gasteiger partial charge is 0.264 e. The summed E-state index contributed by atoms with van der Waals surface area (Å²) in [5, 5.41) is 0. The van der Waals surface area contributed by atoms with Gasteiger partial charge in [0, 0.05) is 0 Å². The molecule has 0 aliphatic carbocycles. The maximum atomic E-state index is 10.8. The van der Waals surface area contributed by atoms with Crippen LogP contribution in [0.25, 0.3) is 0 Å². The Morgan fingerprint density at radius 2 is 2.31 bits per heavy atom. The molecule has 1 aliphatic rings. The van der Waals surface area contributed by atoms with Crippen LogP contribution in [0.1, 0.15) is 6.92 Å². The van der Waals surface area contributed by atoms with E-state index in [1.807, 2.05) is 0 Å². The standard InChI is InChI=1S/C8H12O4S/c1-7(12-13(2,9)10)8-3-5-11-6-4-8/h3-5,7H,6H2,1-2H3. The van der Waals surface area contributed by atoms with E-state index in [2.05, 4.69) is 0 Å². The lowest BCUT2D eigenvalue weighted by Crippen LogP contribution is -2.16. The number of hydrogen-bond donors (Lipinski definition) is 0. The number of ether oxygens (including phenoxy) is 1. The van der Waals surface area contributed by atoms with Crippen LogP contribution in [0.4, 0.5) is 0 Å². The Hall–Kier alpha value is -0.810. The maximum Gasteiger partial charge on any atom is 0.264 e. The van der Waals surface area contributed by atoms with Crippen LogP contribution in [-0.4, -0.2) is 27.4 Å². The molecule has 0 N–H and O–H groups in total. The first-order valence-corrected chi connectivity index (χ1v) is 5.67. The molecule has 0 saturated heterocycles. The van der Waals surface area contributed by atoms with Gasteiger partial charge in [-0.25, -0.2) is 0 Å². The average molecular weight is 204 g/mol. The Kier molecular flexibility index (Phi) is 3.11. The monoisotopic (exact) mass is 204 g/mol. The van der Waals surface area contributed by atoms with Crippen LogP contribution in [0.2, 0.25) is 0 Å². The lowest BCUT2D eigenvalue weighted by Gasteiger charge is -2.14. The lowest BCUT2D eigenvalue weighted by molar-refractivity contribution is 0.252. The van der Waals surface area contributed by atoms with Gasteiger partial charge in [-0.15, -0.1) is 0 Å². The highest BCUT2D eigenvalue weighted by atomic mass is 32.2. The molecule has 0 radical (unpaired) electrons. The Balaban J connectivity index is 2.63. The molecular formula is C8H12O4S. The van der Waals surface area contributed by atoms with E-state index in [9.17, 15) is 8.42 Å². The summed E-state index contributed by atoms with van der Waals surface area (Å²) in [6, 6.07) is 0. The van der Waals surface area contributed by atoms with Crippen molar-refractivity contribution >= 4 is 10.1 Å². The second-order valence-corrected chi connectivity index (χ2v) is 4.38. The second kappa shape index (κ2) is 3.93. The van der Waals surface area contributed by atoms with Gasteiger partial charge in [-0.2, -0.15) is 8.42 Å². The van der Waals surface area contributed by atoms with Gasteiger partial charge >= 0.3 is 0 Å². The average Bonchev–Trinajstić information content (AvgIpc) is 2.03. The van der Waals surface area contributed by atoms with Gasteiger partial charge in [0.1, 0.15) is 6.61 Å². The molecule has 0 aromatic carbocycles. The van der Waals surface area contributed by atoms with Crippen molar-refractivity contribution in [2.45, 2.75) is 13.0 Å². The fourth-order valence-corrected chi connectivity index (χ4v) is 1.65. The van der Waals surface area contributed by atoms with Crippen molar-refractivity contribution in [1.29, 1.82) is 0 Å². The molecule has 4 nitrogen and oxygen atoms in total. The van der Waals surface area contributed by atoms with E-state index < -0.39 is 16.2 Å². The second-order valence-electron chi connectivity index (χ2n) is 2.78. The van der Waals surface area contributed by atoms with Crippen molar-refractivity contribution in [3.05, 3.63) is 24.0 Å². The summed E-state index contributed by atoms with van der Waals surface area (Å²) in [7, 11) is -3.39. The molecule has 1 rings (SSSR count). The highest BCUT2D eigenvalue weighted by Gasteiger charge is 2.14. The van der Waals surface area contributed by atoms with Crippen molar-refractivity contribution in [2.75, 3.05) is 12.9 Å². The van der Waals surface area contributed by atoms with Gasteiger partial charge in [-0.05, 0) is 24.6 Å². The molecule has 1 heterocycles. The first kappa shape index (κ1) is 10.3. The Labute approximate surface area is 78.0 Å². The normalized spacial score (nSPS) is 19.1. The molecule has 0 spiro atoms. The third-order valence-electron chi connectivity index (χ3n) is 1.56. The Morgan fingerprint density at radius 1 is 1.62 bits per heavy atom. The third-order valence-corrected chi connectivity index (χ3v) is 2.20. The summed E-state index contributed by atoms with van der Waals surface area (Å²) in [5.74, 6) is 0. The zero-order valence-electron chi connectivity index (χ0n) is 7.56. The van der Waals surface area contributed by atoms with Gasteiger partial charge in [0.25, 0.3) is 10.1 Å². The molecule has 1 aliphatic heterocycles. The van der Waals surface area contributed by atoms with Crippen LogP contribution in [-0.2, 0) is 19.0 Å². The van der Waals surface area contributed by atoms with Crippen LogP contribution in [0.3, 0.4) is 0 Å². The molecule has 0 fully saturated rings. The van der Waals surface area contributed by atoms with E-state index in [4.69, 9.17) is 8.92 Å². The predicted molar refractivity (Wildman–Crippen MR) is 48.6 cm³/mol. The van der Waals surface area contributed by atoms with Crippen LogP contribution >= 0.6 is 0 Å². The fraction of sp³-hybridized carbons (Fsp3) is 0.500. The fourth-order valence-electron chi connectivity index (χ4n) is 1.01. The zero-order chi connectivity index (χ0) is 9.90. The van der Waals surface area contributed by atoms with Crippen molar-refractivity contribution in [3.8, 4) is 0 Å². The SMILES string of the molecule is CC(OS(C)(=O)=O)C1=CCOC=C1.